The van der Waals surface area contributed by atoms with Crippen molar-refractivity contribution in [3.63, 3.8) is 0 Å². The molecule has 0 aliphatic carbocycles. The number of benzene rings is 2. The van der Waals surface area contributed by atoms with E-state index < -0.39 is 23.3 Å². The van der Waals surface area contributed by atoms with Gasteiger partial charge in [0.25, 0.3) is 0 Å². The van der Waals surface area contributed by atoms with E-state index in [-0.39, 0.29) is 5.56 Å². The summed E-state index contributed by atoms with van der Waals surface area (Å²) < 4.78 is 0. The van der Waals surface area contributed by atoms with Crippen molar-refractivity contribution in [3.05, 3.63) is 71.8 Å². The second-order valence-electron chi connectivity index (χ2n) is 4.89. The number of aliphatic carboxylic acids is 1. The van der Waals surface area contributed by atoms with Gasteiger partial charge in [0.15, 0.2) is 11.4 Å². The topological polar surface area (TPSA) is 74.6 Å². The van der Waals surface area contributed by atoms with E-state index in [9.17, 15) is 19.8 Å². The van der Waals surface area contributed by atoms with E-state index >= 15 is 0 Å². The van der Waals surface area contributed by atoms with E-state index in [0.717, 1.165) is 0 Å². The van der Waals surface area contributed by atoms with Crippen molar-refractivity contribution in [3.8, 4) is 0 Å². The lowest BCUT2D eigenvalue weighted by Gasteiger charge is -2.29. The fraction of sp³-hybridized carbons (Fsp3) is 0.176. The molecule has 21 heavy (non-hydrogen) atoms. The molecule has 0 aromatic heterocycles. The SMILES string of the molecule is CC(C(=O)c1ccccc1)C(O)(C(=O)O)c1ccccc1. The normalized spacial score (nSPS) is 15.0. The van der Waals surface area contributed by atoms with Crippen molar-refractivity contribution in [1.82, 2.24) is 0 Å². The van der Waals surface area contributed by atoms with Crippen LogP contribution in [0.4, 0.5) is 0 Å². The van der Waals surface area contributed by atoms with E-state index in [1.54, 1.807) is 48.5 Å². The minimum Gasteiger partial charge on any atom is -0.479 e. The van der Waals surface area contributed by atoms with Gasteiger partial charge in [0, 0.05) is 5.56 Å². The predicted octanol–water partition coefficient (Wildman–Crippen LogP) is 2.48. The molecule has 0 bridgehead atoms. The second kappa shape index (κ2) is 5.89. The van der Waals surface area contributed by atoms with Crippen molar-refractivity contribution in [2.75, 3.05) is 0 Å². The van der Waals surface area contributed by atoms with Gasteiger partial charge in [-0.2, -0.15) is 0 Å². The van der Waals surface area contributed by atoms with Crippen LogP contribution in [0.15, 0.2) is 60.7 Å². The van der Waals surface area contributed by atoms with Gasteiger partial charge >= 0.3 is 5.97 Å². The number of carboxylic acids is 1. The maximum absolute atomic E-state index is 12.4. The molecule has 2 unspecified atom stereocenters. The largest absolute Gasteiger partial charge is 0.479 e. The summed E-state index contributed by atoms with van der Waals surface area (Å²) in [6.07, 6.45) is 0. The van der Waals surface area contributed by atoms with Crippen LogP contribution in [-0.4, -0.2) is 22.0 Å². The number of ketones is 1. The molecule has 0 fully saturated rings. The maximum atomic E-state index is 12.4. The Morgan fingerprint density at radius 1 is 0.952 bits per heavy atom. The number of aliphatic hydroxyl groups is 1. The molecule has 2 N–H and O–H groups in total. The Bertz CT molecular complexity index is 636. The molecule has 0 radical (unpaired) electrons. The molecule has 0 aliphatic rings. The highest BCUT2D eigenvalue weighted by Crippen LogP contribution is 2.32. The number of hydrogen-bond donors (Lipinski definition) is 2. The number of carboxylic acid groups (broad SMARTS) is 1. The zero-order valence-corrected chi connectivity index (χ0v) is 11.6. The van der Waals surface area contributed by atoms with Gasteiger partial charge in [-0.3, -0.25) is 4.79 Å². The van der Waals surface area contributed by atoms with Crippen LogP contribution in [0, 0.1) is 5.92 Å². The van der Waals surface area contributed by atoms with E-state index in [1.165, 1.54) is 19.1 Å². The summed E-state index contributed by atoms with van der Waals surface area (Å²) in [5.41, 5.74) is -1.69. The van der Waals surface area contributed by atoms with Crippen LogP contribution in [0.3, 0.4) is 0 Å². The van der Waals surface area contributed by atoms with E-state index in [2.05, 4.69) is 0 Å². The van der Waals surface area contributed by atoms with Gasteiger partial charge in [-0.25, -0.2) is 4.79 Å². The third-order valence-corrected chi connectivity index (χ3v) is 3.62. The van der Waals surface area contributed by atoms with Gasteiger partial charge in [-0.1, -0.05) is 67.6 Å². The average molecular weight is 284 g/mol. The average Bonchev–Trinajstić information content (AvgIpc) is 2.54. The first kappa shape index (κ1) is 14.9. The van der Waals surface area contributed by atoms with Gasteiger partial charge in [-0.05, 0) is 5.56 Å². The van der Waals surface area contributed by atoms with Crippen molar-refractivity contribution < 1.29 is 19.8 Å². The zero-order chi connectivity index (χ0) is 15.5. The first-order valence-electron chi connectivity index (χ1n) is 6.58. The molecule has 2 aromatic carbocycles. The molecule has 4 heteroatoms. The molecule has 0 saturated carbocycles. The Kier molecular flexibility index (Phi) is 4.19. The van der Waals surface area contributed by atoms with Crippen molar-refractivity contribution in [2.45, 2.75) is 12.5 Å². The number of hydrogen-bond acceptors (Lipinski definition) is 3. The number of carbonyl (C=O) groups excluding carboxylic acids is 1. The second-order valence-corrected chi connectivity index (χ2v) is 4.89. The summed E-state index contributed by atoms with van der Waals surface area (Å²) in [5, 5.41) is 20.1. The lowest BCUT2D eigenvalue weighted by Crippen LogP contribution is -2.45. The summed E-state index contributed by atoms with van der Waals surface area (Å²) in [5.74, 6) is -2.96. The molecule has 108 valence electrons. The molecule has 0 amide bonds. The Balaban J connectivity index is 2.44. The third-order valence-electron chi connectivity index (χ3n) is 3.62. The smallest absolute Gasteiger partial charge is 0.341 e. The Morgan fingerprint density at radius 2 is 1.43 bits per heavy atom. The minimum absolute atomic E-state index is 0.189. The molecule has 0 saturated heterocycles. The molecule has 0 spiro atoms. The number of carbonyl (C=O) groups is 2. The van der Waals surface area contributed by atoms with E-state index in [1.807, 2.05) is 0 Å². The van der Waals surface area contributed by atoms with Crippen LogP contribution in [0.1, 0.15) is 22.8 Å². The molecule has 2 rings (SSSR count). The summed E-state index contributed by atoms with van der Waals surface area (Å²) in [6.45, 7) is 1.43. The van der Waals surface area contributed by atoms with Crippen molar-refractivity contribution >= 4 is 11.8 Å². The number of Topliss-reactive ketones (excluding diaryl/α,β-unsaturated/α-hetero) is 1. The highest BCUT2D eigenvalue weighted by atomic mass is 16.4. The molecule has 0 aliphatic heterocycles. The lowest BCUT2D eigenvalue weighted by atomic mass is 9.78. The molecular formula is C17H16O4. The zero-order valence-electron chi connectivity index (χ0n) is 11.6. The van der Waals surface area contributed by atoms with Crippen LogP contribution in [0.2, 0.25) is 0 Å². The molecular weight excluding hydrogens is 268 g/mol. The fourth-order valence-electron chi connectivity index (χ4n) is 2.29. The standard InChI is InChI=1S/C17H16O4/c1-12(15(18)13-8-4-2-5-9-13)17(21,16(19)20)14-10-6-3-7-11-14/h2-12,21H,1H3,(H,19,20). The van der Waals surface area contributed by atoms with Gasteiger partial charge in [0.05, 0.1) is 5.92 Å². The summed E-state index contributed by atoms with van der Waals surface area (Å²) in [4.78, 5) is 24.0. The fourth-order valence-corrected chi connectivity index (χ4v) is 2.29. The Labute approximate surface area is 122 Å². The van der Waals surface area contributed by atoms with Crippen LogP contribution in [0.5, 0.6) is 0 Å². The molecule has 0 heterocycles. The van der Waals surface area contributed by atoms with Crippen LogP contribution >= 0.6 is 0 Å². The highest BCUT2D eigenvalue weighted by molar-refractivity contribution is 6.01. The monoisotopic (exact) mass is 284 g/mol. The van der Waals surface area contributed by atoms with E-state index in [0.29, 0.717) is 5.56 Å². The molecule has 4 nitrogen and oxygen atoms in total. The lowest BCUT2D eigenvalue weighted by molar-refractivity contribution is -0.163. The molecule has 2 aromatic rings. The highest BCUT2D eigenvalue weighted by Gasteiger charge is 2.47. The predicted molar refractivity (Wildman–Crippen MR) is 77.9 cm³/mol. The van der Waals surface area contributed by atoms with Crippen molar-refractivity contribution in [2.24, 2.45) is 5.92 Å². The van der Waals surface area contributed by atoms with Gasteiger partial charge in [0.2, 0.25) is 0 Å². The summed E-state index contributed by atoms with van der Waals surface area (Å²) in [6, 6.07) is 16.3. The quantitative estimate of drug-likeness (QED) is 0.827. The van der Waals surface area contributed by atoms with Gasteiger partial charge in [0.1, 0.15) is 0 Å². The summed E-state index contributed by atoms with van der Waals surface area (Å²) >= 11 is 0. The van der Waals surface area contributed by atoms with Gasteiger partial charge < -0.3 is 10.2 Å². The van der Waals surface area contributed by atoms with E-state index in [4.69, 9.17) is 0 Å². The Hall–Kier alpha value is -2.46. The van der Waals surface area contributed by atoms with Gasteiger partial charge in [-0.15, -0.1) is 0 Å². The van der Waals surface area contributed by atoms with Crippen LogP contribution in [-0.2, 0) is 10.4 Å². The number of rotatable bonds is 5. The maximum Gasteiger partial charge on any atom is 0.341 e. The van der Waals surface area contributed by atoms with Crippen molar-refractivity contribution in [1.29, 1.82) is 0 Å². The summed E-state index contributed by atoms with van der Waals surface area (Å²) in [7, 11) is 0. The van der Waals surface area contributed by atoms with Crippen LogP contribution in [0.25, 0.3) is 0 Å². The minimum atomic E-state index is -2.26. The Morgan fingerprint density at radius 3 is 1.90 bits per heavy atom. The first-order chi connectivity index (χ1) is 9.98. The van der Waals surface area contributed by atoms with Crippen LogP contribution < -0.4 is 0 Å². The first-order valence-corrected chi connectivity index (χ1v) is 6.58. The third kappa shape index (κ3) is 2.71. The molecule has 2 atom stereocenters.